The summed E-state index contributed by atoms with van der Waals surface area (Å²) in [6.45, 7) is 2.10. The van der Waals surface area contributed by atoms with Crippen LogP contribution in [0.3, 0.4) is 0 Å². The molecule has 27 heavy (non-hydrogen) atoms. The molecule has 0 amide bonds. The third-order valence-corrected chi connectivity index (χ3v) is 5.10. The Kier molecular flexibility index (Phi) is 2.75. The normalized spacial score (nSPS) is 11.9. The van der Waals surface area contributed by atoms with E-state index in [0.29, 0.717) is 5.95 Å². The van der Waals surface area contributed by atoms with Gasteiger partial charge in [0.1, 0.15) is 23.8 Å². The van der Waals surface area contributed by atoms with Gasteiger partial charge >= 0.3 is 0 Å². The Balaban J connectivity index is 1.83. The number of rotatable bonds is 1. The van der Waals surface area contributed by atoms with Crippen LogP contribution in [0.1, 0.15) is 5.56 Å². The summed E-state index contributed by atoms with van der Waals surface area (Å²) in [5, 5.41) is 4.59. The molecule has 3 aromatic heterocycles. The molecule has 0 saturated carbocycles. The summed E-state index contributed by atoms with van der Waals surface area (Å²) in [6.07, 6.45) is 3.04. The van der Waals surface area contributed by atoms with Crippen LogP contribution in [0.5, 0.6) is 0 Å². The molecule has 0 radical (unpaired) electrons. The van der Waals surface area contributed by atoms with E-state index in [2.05, 4.69) is 68.9 Å². The van der Waals surface area contributed by atoms with Gasteiger partial charge in [0, 0.05) is 27.6 Å². The maximum Gasteiger partial charge on any atom is 0.237 e. The molecule has 6 aromatic rings. The Labute approximate surface area is 153 Å². The highest BCUT2D eigenvalue weighted by Gasteiger charge is 2.17. The molecule has 128 valence electrons. The first-order valence-corrected chi connectivity index (χ1v) is 8.78. The van der Waals surface area contributed by atoms with E-state index in [-0.39, 0.29) is 0 Å². The molecule has 0 fully saturated rings. The van der Waals surface area contributed by atoms with Crippen molar-refractivity contribution in [2.24, 2.45) is 0 Å². The number of benzene rings is 3. The van der Waals surface area contributed by atoms with Gasteiger partial charge in [0.25, 0.3) is 0 Å². The smallest absolute Gasteiger partial charge is 0.237 e. The van der Waals surface area contributed by atoms with Crippen molar-refractivity contribution in [2.45, 2.75) is 6.92 Å². The fraction of sp³-hybridized carbons (Fsp3) is 0.0455. The van der Waals surface area contributed by atoms with Gasteiger partial charge in [0.05, 0.1) is 11.0 Å². The van der Waals surface area contributed by atoms with Gasteiger partial charge < -0.3 is 4.42 Å². The first-order chi connectivity index (χ1) is 13.3. The minimum absolute atomic E-state index is 0.600. The molecule has 5 nitrogen and oxygen atoms in total. The van der Waals surface area contributed by atoms with Crippen molar-refractivity contribution in [3.05, 3.63) is 72.8 Å². The topological polar surface area (TPSA) is 56.7 Å². The molecule has 0 spiro atoms. The number of para-hydroxylation sites is 1. The van der Waals surface area contributed by atoms with E-state index in [1.807, 2.05) is 12.1 Å². The summed E-state index contributed by atoms with van der Waals surface area (Å²) in [5.74, 6) is 0.600. The minimum atomic E-state index is 0.600. The summed E-state index contributed by atoms with van der Waals surface area (Å²) in [6, 6.07) is 18.9. The lowest BCUT2D eigenvalue weighted by molar-refractivity contribution is 0.669. The summed E-state index contributed by atoms with van der Waals surface area (Å²) in [5.41, 5.74) is 5.07. The van der Waals surface area contributed by atoms with Gasteiger partial charge in [0.15, 0.2) is 0 Å². The van der Waals surface area contributed by atoms with Gasteiger partial charge in [-0.2, -0.15) is 0 Å². The molecule has 0 atom stereocenters. The molecule has 5 heteroatoms. The van der Waals surface area contributed by atoms with E-state index < -0.39 is 0 Å². The summed E-state index contributed by atoms with van der Waals surface area (Å²) >= 11 is 0. The van der Waals surface area contributed by atoms with E-state index in [0.717, 1.165) is 43.7 Å². The van der Waals surface area contributed by atoms with Crippen LogP contribution in [-0.4, -0.2) is 19.5 Å². The highest BCUT2D eigenvalue weighted by molar-refractivity contribution is 6.17. The first kappa shape index (κ1) is 14.4. The Morgan fingerprint density at radius 2 is 1.56 bits per heavy atom. The van der Waals surface area contributed by atoms with Crippen molar-refractivity contribution < 1.29 is 4.42 Å². The third-order valence-electron chi connectivity index (χ3n) is 5.10. The van der Waals surface area contributed by atoms with E-state index in [1.54, 1.807) is 0 Å². The molecular weight excluding hydrogens is 336 g/mol. The number of aryl methyl sites for hydroxylation is 1. The average Bonchev–Trinajstić information content (AvgIpc) is 3.21. The number of aromatic nitrogens is 4. The summed E-state index contributed by atoms with van der Waals surface area (Å²) < 4.78 is 8.20. The van der Waals surface area contributed by atoms with Crippen LogP contribution in [0.2, 0.25) is 0 Å². The van der Waals surface area contributed by atoms with Gasteiger partial charge in [-0.15, -0.1) is 0 Å². The monoisotopic (exact) mass is 350 g/mol. The third kappa shape index (κ3) is 1.96. The van der Waals surface area contributed by atoms with Crippen LogP contribution in [0, 0.1) is 6.92 Å². The van der Waals surface area contributed by atoms with Gasteiger partial charge in [-0.3, -0.25) is 4.57 Å². The van der Waals surface area contributed by atoms with Crippen LogP contribution in [-0.2, 0) is 0 Å². The predicted octanol–water partition coefficient (Wildman–Crippen LogP) is 5.18. The highest BCUT2D eigenvalue weighted by Crippen LogP contribution is 2.37. The molecule has 3 aromatic carbocycles. The number of hydrogen-bond donors (Lipinski definition) is 0. The quantitative estimate of drug-likeness (QED) is 0.410. The largest absolute Gasteiger partial charge is 0.456 e. The second-order valence-corrected chi connectivity index (χ2v) is 6.76. The number of furan rings is 1. The Hall–Kier alpha value is -3.73. The van der Waals surface area contributed by atoms with Crippen LogP contribution in [0.25, 0.3) is 49.7 Å². The molecule has 0 unspecified atom stereocenters. The van der Waals surface area contributed by atoms with Gasteiger partial charge in [-0.05, 0) is 31.2 Å². The molecule has 0 aliphatic carbocycles. The van der Waals surface area contributed by atoms with E-state index >= 15 is 0 Å². The van der Waals surface area contributed by atoms with E-state index in [4.69, 9.17) is 4.42 Å². The number of hydrogen-bond acceptors (Lipinski definition) is 4. The van der Waals surface area contributed by atoms with Crippen LogP contribution in [0.4, 0.5) is 0 Å². The second-order valence-electron chi connectivity index (χ2n) is 6.76. The number of nitrogens with zero attached hydrogens (tertiary/aromatic N) is 4. The maximum atomic E-state index is 6.14. The molecule has 0 saturated heterocycles. The van der Waals surface area contributed by atoms with Crippen molar-refractivity contribution in [2.75, 3.05) is 0 Å². The molecule has 0 bridgehead atoms. The summed E-state index contributed by atoms with van der Waals surface area (Å²) in [4.78, 5) is 12.7. The van der Waals surface area contributed by atoms with Crippen LogP contribution in [0.15, 0.2) is 71.7 Å². The fourth-order valence-corrected chi connectivity index (χ4v) is 3.92. The van der Waals surface area contributed by atoms with Gasteiger partial charge in [-0.25, -0.2) is 15.0 Å². The average molecular weight is 350 g/mol. The lowest BCUT2D eigenvalue weighted by Gasteiger charge is -2.04. The van der Waals surface area contributed by atoms with Crippen molar-refractivity contribution in [3.63, 3.8) is 0 Å². The summed E-state index contributed by atoms with van der Waals surface area (Å²) in [7, 11) is 0. The van der Waals surface area contributed by atoms with E-state index in [9.17, 15) is 0 Å². The second kappa shape index (κ2) is 5.14. The zero-order chi connectivity index (χ0) is 18.0. The van der Waals surface area contributed by atoms with Crippen molar-refractivity contribution >= 4 is 43.7 Å². The minimum Gasteiger partial charge on any atom is -0.456 e. The molecule has 3 heterocycles. The Bertz CT molecular complexity index is 1480. The van der Waals surface area contributed by atoms with Crippen LogP contribution < -0.4 is 0 Å². The molecular formula is C22H14N4O. The Morgan fingerprint density at radius 3 is 2.44 bits per heavy atom. The standard InChI is InChI=1S/C22H14N4O/c1-13-6-7-20-16(8-13)17-9-15-14-4-2-3-5-18(14)26(19(15)10-21(17)27-20)22-24-11-23-12-25-22/h2-12H,1H3. The zero-order valence-electron chi connectivity index (χ0n) is 14.5. The fourth-order valence-electron chi connectivity index (χ4n) is 3.92. The highest BCUT2D eigenvalue weighted by atomic mass is 16.3. The zero-order valence-corrected chi connectivity index (χ0v) is 14.5. The lowest BCUT2D eigenvalue weighted by atomic mass is 10.1. The Morgan fingerprint density at radius 1 is 0.741 bits per heavy atom. The van der Waals surface area contributed by atoms with E-state index in [1.165, 1.54) is 18.2 Å². The lowest BCUT2D eigenvalue weighted by Crippen LogP contribution is -2.00. The van der Waals surface area contributed by atoms with Crippen molar-refractivity contribution in [1.82, 2.24) is 19.5 Å². The molecule has 6 rings (SSSR count). The van der Waals surface area contributed by atoms with Crippen molar-refractivity contribution in [3.8, 4) is 5.95 Å². The van der Waals surface area contributed by atoms with Crippen LogP contribution >= 0.6 is 0 Å². The predicted molar refractivity (Wildman–Crippen MR) is 106 cm³/mol. The molecule has 0 aliphatic heterocycles. The number of fused-ring (bicyclic) bond motifs is 6. The SMILES string of the molecule is Cc1ccc2oc3cc4c(cc3c2c1)c1ccccc1n4-c1ncncn1. The van der Waals surface area contributed by atoms with Gasteiger partial charge in [-0.1, -0.05) is 29.8 Å². The van der Waals surface area contributed by atoms with Gasteiger partial charge in [0.2, 0.25) is 5.95 Å². The van der Waals surface area contributed by atoms with Crippen molar-refractivity contribution in [1.29, 1.82) is 0 Å². The first-order valence-electron chi connectivity index (χ1n) is 8.78. The molecule has 0 N–H and O–H groups in total. The maximum absolute atomic E-state index is 6.14. The molecule has 0 aliphatic rings.